The normalized spacial score (nSPS) is 15.7. The number of fused-ring (bicyclic) bond motifs is 1. The van der Waals surface area contributed by atoms with Gasteiger partial charge in [0.2, 0.25) is 0 Å². The number of anilines is 1. The molecule has 27 heavy (non-hydrogen) atoms. The van der Waals surface area contributed by atoms with Crippen molar-refractivity contribution >= 4 is 17.6 Å². The first kappa shape index (κ1) is 18.9. The Bertz CT molecular complexity index is 802. The van der Waals surface area contributed by atoms with Crippen LogP contribution in [0.4, 0.5) is 10.5 Å². The molecule has 1 heterocycles. The fourth-order valence-corrected chi connectivity index (χ4v) is 3.21. The summed E-state index contributed by atoms with van der Waals surface area (Å²) < 4.78 is 0. The average Bonchev–Trinajstić information content (AvgIpc) is 2.66. The lowest BCUT2D eigenvalue weighted by Gasteiger charge is -2.27. The van der Waals surface area contributed by atoms with E-state index in [1.165, 1.54) is 11.1 Å². The predicted octanol–water partition coefficient (Wildman–Crippen LogP) is 2.83. The van der Waals surface area contributed by atoms with Crippen molar-refractivity contribution in [2.24, 2.45) is 0 Å². The molecule has 0 saturated heterocycles. The lowest BCUT2D eigenvalue weighted by atomic mass is 9.94. The van der Waals surface area contributed by atoms with Crippen molar-refractivity contribution in [3.63, 3.8) is 0 Å². The third kappa shape index (κ3) is 5.08. The zero-order chi connectivity index (χ0) is 19.2. The van der Waals surface area contributed by atoms with Gasteiger partial charge in [0.05, 0.1) is 0 Å². The van der Waals surface area contributed by atoms with Crippen LogP contribution in [0.15, 0.2) is 48.5 Å². The fourth-order valence-electron chi connectivity index (χ4n) is 3.21. The number of hydrogen-bond acceptors (Lipinski definition) is 3. The molecule has 0 saturated carbocycles. The smallest absolute Gasteiger partial charge is 0.319 e. The highest BCUT2D eigenvalue weighted by molar-refractivity contribution is 5.95. The number of amides is 3. The molecule has 1 atom stereocenters. The predicted molar refractivity (Wildman–Crippen MR) is 107 cm³/mol. The van der Waals surface area contributed by atoms with Gasteiger partial charge < -0.3 is 21.3 Å². The molecule has 6 nitrogen and oxygen atoms in total. The van der Waals surface area contributed by atoms with E-state index >= 15 is 0 Å². The summed E-state index contributed by atoms with van der Waals surface area (Å²) in [4.78, 5) is 24.2. The van der Waals surface area contributed by atoms with E-state index in [0.717, 1.165) is 13.0 Å². The van der Waals surface area contributed by atoms with Crippen LogP contribution in [0.2, 0.25) is 0 Å². The van der Waals surface area contributed by atoms with Gasteiger partial charge in [0, 0.05) is 29.9 Å². The van der Waals surface area contributed by atoms with E-state index in [9.17, 15) is 9.59 Å². The maximum atomic E-state index is 12.4. The third-order valence-corrected chi connectivity index (χ3v) is 4.51. The first-order chi connectivity index (χ1) is 13.0. The van der Waals surface area contributed by atoms with E-state index in [4.69, 9.17) is 0 Å². The van der Waals surface area contributed by atoms with Gasteiger partial charge in [0.15, 0.2) is 0 Å². The molecule has 142 valence electrons. The highest BCUT2D eigenvalue weighted by Crippen LogP contribution is 2.22. The number of hydrogen-bond donors (Lipinski definition) is 4. The second-order valence-electron chi connectivity index (χ2n) is 7.00. The van der Waals surface area contributed by atoms with Crippen LogP contribution in [0.25, 0.3) is 0 Å². The van der Waals surface area contributed by atoms with Crippen molar-refractivity contribution in [3.8, 4) is 0 Å². The Kier molecular flexibility index (Phi) is 6.08. The molecular formula is C21H26N4O2. The SMILES string of the molecule is CC(C)NC(=O)Nc1ccc(C(=O)NCC2NCCc3ccccc32)cc1. The third-order valence-electron chi connectivity index (χ3n) is 4.51. The molecule has 3 rings (SSSR count). The van der Waals surface area contributed by atoms with Gasteiger partial charge in [-0.3, -0.25) is 4.79 Å². The van der Waals surface area contributed by atoms with Crippen LogP contribution in [0.5, 0.6) is 0 Å². The van der Waals surface area contributed by atoms with E-state index in [-0.39, 0.29) is 24.0 Å². The van der Waals surface area contributed by atoms with Crippen LogP contribution in [0.3, 0.4) is 0 Å². The second-order valence-corrected chi connectivity index (χ2v) is 7.00. The van der Waals surface area contributed by atoms with Crippen LogP contribution < -0.4 is 21.3 Å². The Labute approximate surface area is 159 Å². The van der Waals surface area contributed by atoms with Gasteiger partial charge >= 0.3 is 6.03 Å². The molecule has 1 aliphatic rings. The van der Waals surface area contributed by atoms with Crippen molar-refractivity contribution in [2.45, 2.75) is 32.4 Å². The Balaban J connectivity index is 1.55. The van der Waals surface area contributed by atoms with E-state index in [1.807, 2.05) is 19.9 Å². The van der Waals surface area contributed by atoms with E-state index < -0.39 is 0 Å². The van der Waals surface area contributed by atoms with Crippen LogP contribution in [-0.4, -0.2) is 31.1 Å². The molecule has 0 aromatic heterocycles. The van der Waals surface area contributed by atoms with Crippen LogP contribution in [0, 0.1) is 0 Å². The van der Waals surface area contributed by atoms with Gasteiger partial charge in [0.1, 0.15) is 0 Å². The summed E-state index contributed by atoms with van der Waals surface area (Å²) in [6, 6.07) is 15.1. The monoisotopic (exact) mass is 366 g/mol. The largest absolute Gasteiger partial charge is 0.350 e. The molecule has 2 aromatic rings. The number of carbonyl (C=O) groups is 2. The topological polar surface area (TPSA) is 82.3 Å². The van der Waals surface area contributed by atoms with Gasteiger partial charge in [-0.25, -0.2) is 4.79 Å². The van der Waals surface area contributed by atoms with Gasteiger partial charge in [-0.1, -0.05) is 24.3 Å². The standard InChI is InChI=1S/C21H26N4O2/c1-14(2)24-21(27)25-17-9-7-16(8-10-17)20(26)23-13-19-18-6-4-3-5-15(18)11-12-22-19/h3-10,14,19,22H,11-13H2,1-2H3,(H,23,26)(H2,24,25,27). The van der Waals surface area contributed by atoms with Gasteiger partial charge in [-0.2, -0.15) is 0 Å². The van der Waals surface area contributed by atoms with Crippen molar-refractivity contribution in [3.05, 3.63) is 65.2 Å². The maximum Gasteiger partial charge on any atom is 0.319 e. The van der Waals surface area contributed by atoms with Gasteiger partial charge in [-0.05, 0) is 62.2 Å². The van der Waals surface area contributed by atoms with Gasteiger partial charge in [0.25, 0.3) is 5.91 Å². The van der Waals surface area contributed by atoms with Crippen molar-refractivity contribution in [2.75, 3.05) is 18.4 Å². The average molecular weight is 366 g/mol. The van der Waals surface area contributed by atoms with Crippen molar-refractivity contribution in [1.29, 1.82) is 0 Å². The lowest BCUT2D eigenvalue weighted by Crippen LogP contribution is -2.38. The number of benzene rings is 2. The molecule has 0 aliphatic carbocycles. The molecule has 0 spiro atoms. The molecule has 0 radical (unpaired) electrons. The summed E-state index contributed by atoms with van der Waals surface area (Å²) in [7, 11) is 0. The minimum Gasteiger partial charge on any atom is -0.350 e. The van der Waals surface area contributed by atoms with E-state index in [2.05, 4.69) is 39.5 Å². The summed E-state index contributed by atoms with van der Waals surface area (Å²) in [5, 5.41) is 12.0. The Morgan fingerprint density at radius 1 is 1.11 bits per heavy atom. The zero-order valence-electron chi connectivity index (χ0n) is 15.7. The quantitative estimate of drug-likeness (QED) is 0.657. The maximum absolute atomic E-state index is 12.4. The van der Waals surface area contributed by atoms with Crippen LogP contribution in [0.1, 0.15) is 41.4 Å². The number of urea groups is 1. The first-order valence-electron chi connectivity index (χ1n) is 9.30. The molecule has 2 aromatic carbocycles. The molecule has 0 fully saturated rings. The summed E-state index contributed by atoms with van der Waals surface area (Å²) in [6.45, 7) is 5.24. The number of nitrogens with one attached hydrogen (secondary N) is 4. The second kappa shape index (κ2) is 8.68. The molecule has 3 amide bonds. The fraction of sp³-hybridized carbons (Fsp3) is 0.333. The zero-order valence-corrected chi connectivity index (χ0v) is 15.7. The van der Waals surface area contributed by atoms with Crippen molar-refractivity contribution in [1.82, 2.24) is 16.0 Å². The number of carbonyl (C=O) groups excluding carboxylic acids is 2. The van der Waals surface area contributed by atoms with Gasteiger partial charge in [-0.15, -0.1) is 0 Å². The lowest BCUT2D eigenvalue weighted by molar-refractivity contribution is 0.0949. The first-order valence-corrected chi connectivity index (χ1v) is 9.30. The minimum absolute atomic E-state index is 0.0635. The minimum atomic E-state index is -0.260. The molecule has 0 bridgehead atoms. The Hall–Kier alpha value is -2.86. The highest BCUT2D eigenvalue weighted by atomic mass is 16.2. The highest BCUT2D eigenvalue weighted by Gasteiger charge is 2.19. The summed E-state index contributed by atoms with van der Waals surface area (Å²) in [5.74, 6) is -0.127. The Morgan fingerprint density at radius 2 is 1.85 bits per heavy atom. The van der Waals surface area contributed by atoms with Crippen LogP contribution in [-0.2, 0) is 6.42 Å². The molecule has 6 heteroatoms. The molecular weight excluding hydrogens is 340 g/mol. The number of rotatable bonds is 5. The summed E-state index contributed by atoms with van der Waals surface area (Å²) in [6.07, 6.45) is 1.01. The summed E-state index contributed by atoms with van der Waals surface area (Å²) >= 11 is 0. The van der Waals surface area contributed by atoms with E-state index in [1.54, 1.807) is 24.3 Å². The molecule has 1 aliphatic heterocycles. The van der Waals surface area contributed by atoms with Crippen molar-refractivity contribution < 1.29 is 9.59 Å². The van der Waals surface area contributed by atoms with Crippen LogP contribution >= 0.6 is 0 Å². The Morgan fingerprint density at radius 3 is 2.59 bits per heavy atom. The molecule has 4 N–H and O–H groups in total. The van der Waals surface area contributed by atoms with E-state index in [0.29, 0.717) is 17.8 Å². The summed E-state index contributed by atoms with van der Waals surface area (Å²) in [5.41, 5.74) is 3.80. The molecule has 1 unspecified atom stereocenters.